The van der Waals surface area contributed by atoms with E-state index >= 15 is 0 Å². The van der Waals surface area contributed by atoms with Gasteiger partial charge in [-0.3, -0.25) is 19.3 Å². The molecule has 3 atom stereocenters. The number of anilines is 1. The van der Waals surface area contributed by atoms with Crippen molar-refractivity contribution >= 4 is 56.2 Å². The normalized spacial score (nSPS) is 22.8. The van der Waals surface area contributed by atoms with E-state index in [0.717, 1.165) is 12.8 Å². The molecule has 4 rings (SSSR count). The van der Waals surface area contributed by atoms with Gasteiger partial charge in [0.25, 0.3) is 0 Å². The van der Waals surface area contributed by atoms with E-state index in [0.29, 0.717) is 40.4 Å². The van der Waals surface area contributed by atoms with E-state index in [1.807, 2.05) is 6.26 Å². The zero-order valence-corrected chi connectivity index (χ0v) is 17.7. The second-order valence-corrected chi connectivity index (χ2v) is 9.48. The lowest BCUT2D eigenvalue weighted by Gasteiger charge is -2.25. The van der Waals surface area contributed by atoms with Crippen molar-refractivity contribution < 1.29 is 18.8 Å². The third-order valence-corrected chi connectivity index (χ3v) is 7.24. The summed E-state index contributed by atoms with van der Waals surface area (Å²) in [5.74, 6) is -1.14. The Balaban J connectivity index is 1.57. The van der Waals surface area contributed by atoms with E-state index in [9.17, 15) is 18.8 Å². The molecular weight excluding hydrogens is 413 g/mol. The highest BCUT2D eigenvalue weighted by atomic mass is 32.2. The maximum atomic E-state index is 13.4. The molecule has 6 nitrogen and oxygen atoms in total. The molecule has 1 N–H and O–H groups in total. The van der Waals surface area contributed by atoms with Crippen molar-refractivity contribution in [1.82, 2.24) is 9.88 Å². The van der Waals surface area contributed by atoms with Crippen LogP contribution >= 0.6 is 23.1 Å². The van der Waals surface area contributed by atoms with E-state index < -0.39 is 11.9 Å². The number of aromatic nitrogens is 1. The number of imide groups is 1. The van der Waals surface area contributed by atoms with Crippen molar-refractivity contribution in [1.29, 1.82) is 0 Å². The summed E-state index contributed by atoms with van der Waals surface area (Å²) in [7, 11) is 0. The number of thioether (sulfide) groups is 1. The van der Waals surface area contributed by atoms with Crippen LogP contribution in [-0.2, 0) is 14.4 Å². The van der Waals surface area contributed by atoms with Crippen molar-refractivity contribution in [3.05, 3.63) is 24.0 Å². The Hall–Kier alpha value is -2.00. The molecular formula is C20H22FN3O3S2. The first-order chi connectivity index (χ1) is 14.0. The summed E-state index contributed by atoms with van der Waals surface area (Å²) in [5.41, 5.74) is 0.590. The molecule has 0 unspecified atom stereocenters. The van der Waals surface area contributed by atoms with Gasteiger partial charge in [0, 0.05) is 0 Å². The predicted octanol–water partition coefficient (Wildman–Crippen LogP) is 3.67. The van der Waals surface area contributed by atoms with Gasteiger partial charge in [-0.25, -0.2) is 9.37 Å². The van der Waals surface area contributed by atoms with Gasteiger partial charge in [-0.15, -0.1) is 0 Å². The minimum atomic E-state index is -0.850. The van der Waals surface area contributed by atoms with Crippen LogP contribution in [0.15, 0.2) is 18.2 Å². The minimum absolute atomic E-state index is 0.215. The number of benzene rings is 1. The summed E-state index contributed by atoms with van der Waals surface area (Å²) in [4.78, 5) is 44.5. The van der Waals surface area contributed by atoms with Crippen LogP contribution in [0.5, 0.6) is 0 Å². The molecule has 2 heterocycles. The summed E-state index contributed by atoms with van der Waals surface area (Å²) >= 11 is 2.73. The Bertz CT molecular complexity index is 940. The van der Waals surface area contributed by atoms with Crippen LogP contribution in [0, 0.1) is 17.7 Å². The van der Waals surface area contributed by atoms with E-state index in [-0.39, 0.29) is 29.5 Å². The van der Waals surface area contributed by atoms with Gasteiger partial charge in [-0.1, -0.05) is 24.2 Å². The first-order valence-electron chi connectivity index (χ1n) is 9.72. The lowest BCUT2D eigenvalue weighted by atomic mass is 9.81. The number of carbonyl (C=O) groups is 3. The van der Waals surface area contributed by atoms with Gasteiger partial charge in [0.1, 0.15) is 11.9 Å². The van der Waals surface area contributed by atoms with Crippen molar-refractivity contribution in [2.75, 3.05) is 17.3 Å². The molecule has 9 heteroatoms. The molecule has 1 aromatic heterocycles. The topological polar surface area (TPSA) is 79.4 Å². The number of carbonyl (C=O) groups excluding carboxylic acids is 3. The number of rotatable bonds is 6. The van der Waals surface area contributed by atoms with Crippen LogP contribution in [0.2, 0.25) is 0 Å². The zero-order valence-electron chi connectivity index (χ0n) is 16.0. The van der Waals surface area contributed by atoms with E-state index in [4.69, 9.17) is 0 Å². The van der Waals surface area contributed by atoms with Crippen LogP contribution in [0.3, 0.4) is 0 Å². The molecule has 29 heavy (non-hydrogen) atoms. The minimum Gasteiger partial charge on any atom is -0.300 e. The highest BCUT2D eigenvalue weighted by Crippen LogP contribution is 2.39. The monoisotopic (exact) mass is 435 g/mol. The second kappa shape index (κ2) is 8.39. The van der Waals surface area contributed by atoms with Gasteiger partial charge >= 0.3 is 0 Å². The van der Waals surface area contributed by atoms with Crippen molar-refractivity contribution in [3.8, 4) is 0 Å². The molecule has 0 bridgehead atoms. The highest BCUT2D eigenvalue weighted by Gasteiger charge is 2.51. The molecule has 0 spiro atoms. The number of thiazole rings is 1. The fraction of sp³-hybridized carbons (Fsp3) is 0.500. The third-order valence-electron chi connectivity index (χ3n) is 5.67. The van der Waals surface area contributed by atoms with E-state index in [2.05, 4.69) is 10.3 Å². The number of hydrogen-bond donors (Lipinski definition) is 1. The Morgan fingerprint density at radius 3 is 2.66 bits per heavy atom. The van der Waals surface area contributed by atoms with Crippen molar-refractivity contribution in [2.24, 2.45) is 11.8 Å². The first-order valence-corrected chi connectivity index (χ1v) is 11.9. The van der Waals surface area contributed by atoms with Crippen LogP contribution < -0.4 is 5.32 Å². The number of fused-ring (bicyclic) bond motifs is 2. The molecule has 1 aliphatic heterocycles. The van der Waals surface area contributed by atoms with Gasteiger partial charge in [-0.05, 0) is 49.5 Å². The molecule has 3 amide bonds. The lowest BCUT2D eigenvalue weighted by Crippen LogP contribution is -2.48. The molecule has 2 fully saturated rings. The Kier molecular flexibility index (Phi) is 5.87. The van der Waals surface area contributed by atoms with Gasteiger partial charge in [0.2, 0.25) is 17.7 Å². The Morgan fingerprint density at radius 2 is 2.00 bits per heavy atom. The quantitative estimate of drug-likeness (QED) is 0.701. The SMILES string of the molecule is CSCC[C@H](C(=O)Nc1nc2ccc(F)cc2s1)N1C(=O)[C@@H]2CCCC[C@H]2C1=O. The van der Waals surface area contributed by atoms with Crippen LogP contribution in [-0.4, -0.2) is 45.7 Å². The van der Waals surface area contributed by atoms with Gasteiger partial charge in [0.15, 0.2) is 5.13 Å². The van der Waals surface area contributed by atoms with Crippen LogP contribution in [0.25, 0.3) is 10.2 Å². The number of likely N-dealkylation sites (tertiary alicyclic amines) is 1. The zero-order chi connectivity index (χ0) is 20.5. The molecule has 1 saturated heterocycles. The van der Waals surface area contributed by atoms with Gasteiger partial charge < -0.3 is 5.32 Å². The molecule has 1 aliphatic carbocycles. The van der Waals surface area contributed by atoms with Crippen LogP contribution in [0.1, 0.15) is 32.1 Å². The predicted molar refractivity (Wildman–Crippen MR) is 112 cm³/mol. The van der Waals surface area contributed by atoms with Gasteiger partial charge in [-0.2, -0.15) is 11.8 Å². The number of nitrogens with one attached hydrogen (secondary N) is 1. The highest BCUT2D eigenvalue weighted by molar-refractivity contribution is 7.98. The van der Waals surface area contributed by atoms with Gasteiger partial charge in [0.05, 0.1) is 22.1 Å². The summed E-state index contributed by atoms with van der Waals surface area (Å²) in [6.45, 7) is 0. The second-order valence-electron chi connectivity index (χ2n) is 7.46. The Morgan fingerprint density at radius 1 is 1.31 bits per heavy atom. The first kappa shape index (κ1) is 20.3. The third kappa shape index (κ3) is 3.90. The molecule has 2 aliphatic rings. The maximum absolute atomic E-state index is 13.4. The summed E-state index contributed by atoms with van der Waals surface area (Å²) in [5, 5.41) is 3.08. The average molecular weight is 436 g/mol. The maximum Gasteiger partial charge on any atom is 0.249 e. The molecule has 154 valence electrons. The fourth-order valence-electron chi connectivity index (χ4n) is 4.24. The molecule has 0 radical (unpaired) electrons. The number of hydrogen-bond acceptors (Lipinski definition) is 6. The van der Waals surface area contributed by atoms with Crippen molar-refractivity contribution in [2.45, 2.75) is 38.1 Å². The lowest BCUT2D eigenvalue weighted by molar-refractivity contribution is -0.146. The number of nitrogens with zero attached hydrogens (tertiary/aromatic N) is 2. The van der Waals surface area contributed by atoms with E-state index in [1.165, 1.54) is 28.4 Å². The molecule has 2 aromatic rings. The smallest absolute Gasteiger partial charge is 0.249 e. The largest absolute Gasteiger partial charge is 0.300 e. The van der Waals surface area contributed by atoms with Crippen LogP contribution in [0.4, 0.5) is 9.52 Å². The number of halogens is 1. The summed E-state index contributed by atoms with van der Waals surface area (Å²) < 4.78 is 14.0. The Labute approximate surface area is 176 Å². The van der Waals surface area contributed by atoms with E-state index in [1.54, 1.807) is 17.8 Å². The standard InChI is InChI=1S/C20H22FN3O3S2/c1-28-9-8-15(24-18(26)12-4-2-3-5-13(12)19(24)27)17(25)23-20-22-14-7-6-11(21)10-16(14)29-20/h6-7,10,12-13,15H,2-5,8-9H2,1H3,(H,22,23,25)/t12-,13-,15-/m1/s1. The summed E-state index contributed by atoms with van der Waals surface area (Å²) in [6.07, 6.45) is 5.63. The average Bonchev–Trinajstić information content (AvgIpc) is 3.21. The molecule has 1 aromatic carbocycles. The summed E-state index contributed by atoms with van der Waals surface area (Å²) in [6, 6.07) is 3.39. The fourth-order valence-corrected chi connectivity index (χ4v) is 5.60. The van der Waals surface area contributed by atoms with Crippen molar-refractivity contribution in [3.63, 3.8) is 0 Å². The molecule has 1 saturated carbocycles. The number of amides is 3.